The second-order valence-corrected chi connectivity index (χ2v) is 3.48. The van der Waals surface area contributed by atoms with E-state index in [2.05, 4.69) is 11.8 Å². The third-order valence-corrected chi connectivity index (χ3v) is 1.53. The van der Waals surface area contributed by atoms with E-state index in [4.69, 9.17) is 5.11 Å². The molecule has 0 rings (SSSR count). The van der Waals surface area contributed by atoms with E-state index < -0.39 is 6.10 Å². The average molecular weight is 182 g/mol. The average Bonchev–Trinajstić information content (AvgIpc) is 2.00. The standard InChI is InChI=1S/C11H18O2/c1-9(2)8-11(13)5-4-10(3)6-7-12/h6,9,11-13H,7-8H2,1-3H3/b10-6+. The Morgan fingerprint density at radius 3 is 2.54 bits per heavy atom. The Bertz CT molecular complexity index is 218. The zero-order valence-electron chi connectivity index (χ0n) is 8.54. The van der Waals surface area contributed by atoms with Gasteiger partial charge in [-0.2, -0.15) is 0 Å². The maximum absolute atomic E-state index is 9.37. The lowest BCUT2D eigenvalue weighted by molar-refractivity contribution is 0.204. The van der Waals surface area contributed by atoms with Crippen molar-refractivity contribution in [3.05, 3.63) is 11.6 Å². The van der Waals surface area contributed by atoms with Crippen LogP contribution in [0.5, 0.6) is 0 Å². The van der Waals surface area contributed by atoms with E-state index in [9.17, 15) is 5.11 Å². The van der Waals surface area contributed by atoms with E-state index in [0.29, 0.717) is 12.3 Å². The SMILES string of the molecule is C/C(C#CC(O)CC(C)C)=C\CO. The van der Waals surface area contributed by atoms with Crippen molar-refractivity contribution in [3.8, 4) is 11.8 Å². The van der Waals surface area contributed by atoms with Gasteiger partial charge in [0, 0.05) is 0 Å². The summed E-state index contributed by atoms with van der Waals surface area (Å²) in [4.78, 5) is 0. The Balaban J connectivity index is 4.01. The lowest BCUT2D eigenvalue weighted by Crippen LogP contribution is -2.06. The molecule has 0 saturated heterocycles. The molecule has 13 heavy (non-hydrogen) atoms. The normalized spacial score (nSPS) is 13.8. The van der Waals surface area contributed by atoms with E-state index >= 15 is 0 Å². The van der Waals surface area contributed by atoms with Crippen LogP contribution in [0.2, 0.25) is 0 Å². The maximum atomic E-state index is 9.37. The van der Waals surface area contributed by atoms with Gasteiger partial charge in [0.25, 0.3) is 0 Å². The highest BCUT2D eigenvalue weighted by atomic mass is 16.3. The first-order valence-corrected chi connectivity index (χ1v) is 4.53. The highest BCUT2D eigenvalue weighted by Gasteiger charge is 2.01. The first-order chi connectivity index (χ1) is 6.06. The number of aliphatic hydroxyl groups is 2. The minimum absolute atomic E-state index is 0.000783. The van der Waals surface area contributed by atoms with Crippen LogP contribution in [0.15, 0.2) is 11.6 Å². The number of rotatable bonds is 3. The molecule has 0 amide bonds. The van der Waals surface area contributed by atoms with Crippen molar-refractivity contribution in [3.63, 3.8) is 0 Å². The summed E-state index contributed by atoms with van der Waals surface area (Å²) in [5.41, 5.74) is 0.797. The summed E-state index contributed by atoms with van der Waals surface area (Å²) < 4.78 is 0. The molecular weight excluding hydrogens is 164 g/mol. The van der Waals surface area contributed by atoms with Crippen LogP contribution in [0, 0.1) is 17.8 Å². The van der Waals surface area contributed by atoms with Gasteiger partial charge in [-0.3, -0.25) is 0 Å². The summed E-state index contributed by atoms with van der Waals surface area (Å²) in [6, 6.07) is 0. The monoisotopic (exact) mass is 182 g/mol. The Kier molecular flexibility index (Phi) is 6.30. The first-order valence-electron chi connectivity index (χ1n) is 4.53. The molecule has 2 heteroatoms. The minimum atomic E-state index is -0.554. The van der Waals surface area contributed by atoms with Crippen LogP contribution in [0.4, 0.5) is 0 Å². The number of aliphatic hydroxyl groups excluding tert-OH is 2. The Hall–Kier alpha value is -0.780. The molecule has 1 unspecified atom stereocenters. The zero-order chi connectivity index (χ0) is 10.3. The molecule has 2 nitrogen and oxygen atoms in total. The molecule has 0 fully saturated rings. The summed E-state index contributed by atoms with van der Waals surface area (Å²) in [5, 5.41) is 17.9. The summed E-state index contributed by atoms with van der Waals surface area (Å²) >= 11 is 0. The quantitative estimate of drug-likeness (QED) is 0.646. The topological polar surface area (TPSA) is 40.5 Å². The predicted molar refractivity (Wildman–Crippen MR) is 54.1 cm³/mol. The second kappa shape index (κ2) is 6.71. The summed E-state index contributed by atoms with van der Waals surface area (Å²) in [7, 11) is 0. The van der Waals surface area contributed by atoms with Crippen molar-refractivity contribution in [1.82, 2.24) is 0 Å². The molecule has 0 saturated carbocycles. The first kappa shape index (κ1) is 12.2. The van der Waals surface area contributed by atoms with Gasteiger partial charge >= 0.3 is 0 Å². The van der Waals surface area contributed by atoms with Crippen molar-refractivity contribution >= 4 is 0 Å². The fourth-order valence-electron chi connectivity index (χ4n) is 0.891. The van der Waals surface area contributed by atoms with Gasteiger partial charge in [-0.05, 0) is 30.9 Å². The molecule has 2 N–H and O–H groups in total. The summed E-state index contributed by atoms with van der Waals surface area (Å²) in [6.45, 7) is 5.90. The van der Waals surface area contributed by atoms with Crippen LogP contribution >= 0.6 is 0 Å². The van der Waals surface area contributed by atoms with E-state index in [-0.39, 0.29) is 6.61 Å². The van der Waals surface area contributed by atoms with E-state index in [1.807, 2.05) is 20.8 Å². The van der Waals surface area contributed by atoms with Crippen LogP contribution < -0.4 is 0 Å². The molecule has 0 aliphatic carbocycles. The molecule has 0 aliphatic rings. The van der Waals surface area contributed by atoms with Crippen molar-refractivity contribution in [2.24, 2.45) is 5.92 Å². The largest absolute Gasteiger partial charge is 0.392 e. The Labute approximate surface area is 80.3 Å². The van der Waals surface area contributed by atoms with Gasteiger partial charge in [-0.25, -0.2) is 0 Å². The number of hydrogen-bond donors (Lipinski definition) is 2. The smallest absolute Gasteiger partial charge is 0.115 e. The summed E-state index contributed by atoms with van der Waals surface area (Å²) in [6.07, 6.45) is 1.76. The molecule has 0 bridgehead atoms. The molecule has 0 aliphatic heterocycles. The van der Waals surface area contributed by atoms with Crippen molar-refractivity contribution in [1.29, 1.82) is 0 Å². The fraction of sp³-hybridized carbons (Fsp3) is 0.636. The van der Waals surface area contributed by atoms with Crippen LogP contribution in [0.25, 0.3) is 0 Å². The van der Waals surface area contributed by atoms with Crippen LogP contribution in [-0.4, -0.2) is 22.9 Å². The van der Waals surface area contributed by atoms with Crippen LogP contribution in [0.3, 0.4) is 0 Å². The third kappa shape index (κ3) is 7.58. The van der Waals surface area contributed by atoms with Crippen molar-refractivity contribution in [2.75, 3.05) is 6.61 Å². The molecule has 0 radical (unpaired) electrons. The third-order valence-electron chi connectivity index (χ3n) is 1.53. The highest BCUT2D eigenvalue weighted by Crippen LogP contribution is 2.03. The lowest BCUT2D eigenvalue weighted by atomic mass is 10.1. The summed E-state index contributed by atoms with van der Waals surface area (Å²) in [5.74, 6) is 5.96. The van der Waals surface area contributed by atoms with Gasteiger partial charge in [0.15, 0.2) is 0 Å². The maximum Gasteiger partial charge on any atom is 0.115 e. The van der Waals surface area contributed by atoms with Gasteiger partial charge in [-0.15, -0.1) is 0 Å². The van der Waals surface area contributed by atoms with Gasteiger partial charge in [0.05, 0.1) is 6.61 Å². The molecule has 1 atom stereocenters. The van der Waals surface area contributed by atoms with Gasteiger partial charge in [0.1, 0.15) is 6.10 Å². The van der Waals surface area contributed by atoms with E-state index in [1.54, 1.807) is 6.08 Å². The number of allylic oxidation sites excluding steroid dienone is 1. The second-order valence-electron chi connectivity index (χ2n) is 3.48. The lowest BCUT2D eigenvalue weighted by Gasteiger charge is -2.05. The van der Waals surface area contributed by atoms with Crippen LogP contribution in [-0.2, 0) is 0 Å². The van der Waals surface area contributed by atoms with Crippen molar-refractivity contribution < 1.29 is 10.2 Å². The van der Waals surface area contributed by atoms with E-state index in [1.165, 1.54) is 0 Å². The molecule has 0 heterocycles. The number of hydrogen-bond acceptors (Lipinski definition) is 2. The van der Waals surface area contributed by atoms with E-state index in [0.717, 1.165) is 5.57 Å². The van der Waals surface area contributed by atoms with Crippen molar-refractivity contribution in [2.45, 2.75) is 33.3 Å². The Morgan fingerprint density at radius 1 is 1.46 bits per heavy atom. The molecular formula is C11H18O2. The van der Waals surface area contributed by atoms with Crippen LogP contribution in [0.1, 0.15) is 27.2 Å². The predicted octanol–water partition coefficient (Wildman–Crippen LogP) is 1.34. The Morgan fingerprint density at radius 2 is 2.08 bits per heavy atom. The van der Waals surface area contributed by atoms with Gasteiger partial charge in [-0.1, -0.05) is 25.7 Å². The highest BCUT2D eigenvalue weighted by molar-refractivity contribution is 5.27. The molecule has 0 spiro atoms. The van der Waals surface area contributed by atoms with Gasteiger partial charge in [0.2, 0.25) is 0 Å². The molecule has 0 aromatic heterocycles. The molecule has 0 aromatic carbocycles. The van der Waals surface area contributed by atoms with Gasteiger partial charge < -0.3 is 10.2 Å². The molecule has 74 valence electrons. The molecule has 0 aromatic rings. The fourth-order valence-corrected chi connectivity index (χ4v) is 0.891. The zero-order valence-corrected chi connectivity index (χ0v) is 8.54. The minimum Gasteiger partial charge on any atom is -0.392 e.